The van der Waals surface area contributed by atoms with E-state index >= 15 is 0 Å². The lowest BCUT2D eigenvalue weighted by Crippen LogP contribution is -2.68. The van der Waals surface area contributed by atoms with Crippen molar-refractivity contribution in [1.82, 2.24) is 10.2 Å². The summed E-state index contributed by atoms with van der Waals surface area (Å²) in [7, 11) is 0. The average molecular weight is 741 g/mol. The molecule has 0 radical (unpaired) electrons. The molecule has 0 unspecified atom stereocenters. The topological polar surface area (TPSA) is 157 Å². The number of carbonyl (C=O) groups excluding carboxylic acids is 2. The van der Waals surface area contributed by atoms with Crippen LogP contribution in [0.25, 0.3) is 0 Å². The van der Waals surface area contributed by atoms with E-state index in [-0.39, 0.29) is 18.7 Å². The molecule has 306 valence electrons. The molecule has 1 rings (SSSR count). The van der Waals surface area contributed by atoms with Gasteiger partial charge < -0.3 is 35.4 Å². The number of aliphatic hydroxyl groups excluding tert-OH is 3. The van der Waals surface area contributed by atoms with Gasteiger partial charge >= 0.3 is 5.97 Å². The highest BCUT2D eigenvalue weighted by Gasteiger charge is 2.48. The molecule has 0 saturated carbocycles. The first-order valence-corrected chi connectivity index (χ1v) is 21.7. The Hall–Kier alpha value is -1.75. The minimum atomic E-state index is -1.51. The second-order valence-electron chi connectivity index (χ2n) is 15.4. The standard InChI is InChI=1S/C42H80N2O8/c1-3-5-7-9-11-13-15-17-18-19-20-22-24-26-28-30-37(47)44(33-29-27-25-23-21-16-14-12-10-8-6-4-2)42-39(43-36(46)31-32-38(48)49)41(51)40(50)35(34-45)52-42/h35,39-42,45,50-51H,3-34H2,1-2H3,(H,43,46)(H,48,49)/t35-,39+,40+,41-,42-/m1/s1. The van der Waals surface area contributed by atoms with Crippen molar-refractivity contribution in [2.75, 3.05) is 13.2 Å². The van der Waals surface area contributed by atoms with Crippen molar-refractivity contribution in [3.63, 3.8) is 0 Å². The summed E-state index contributed by atoms with van der Waals surface area (Å²) >= 11 is 0. The monoisotopic (exact) mass is 741 g/mol. The molecule has 5 atom stereocenters. The molecule has 0 aromatic heterocycles. The number of unbranched alkanes of at least 4 members (excludes halogenated alkanes) is 25. The number of hydrogen-bond donors (Lipinski definition) is 5. The van der Waals surface area contributed by atoms with Crippen LogP contribution in [0.2, 0.25) is 0 Å². The number of aliphatic carboxylic acids is 1. The molecule has 0 aromatic carbocycles. The number of carboxylic acid groups (broad SMARTS) is 1. The van der Waals surface area contributed by atoms with Gasteiger partial charge in [0.05, 0.1) is 13.0 Å². The molecule has 10 heteroatoms. The fourth-order valence-electron chi connectivity index (χ4n) is 7.31. The van der Waals surface area contributed by atoms with E-state index in [0.29, 0.717) is 13.0 Å². The Bertz CT molecular complexity index is 890. The van der Waals surface area contributed by atoms with Crippen LogP contribution in [0, 0.1) is 0 Å². The van der Waals surface area contributed by atoms with Gasteiger partial charge in [0, 0.05) is 19.4 Å². The molecule has 0 aromatic rings. The van der Waals surface area contributed by atoms with E-state index in [1.807, 2.05) is 0 Å². The maximum absolute atomic E-state index is 13.8. The van der Waals surface area contributed by atoms with E-state index in [4.69, 9.17) is 9.84 Å². The molecule has 1 saturated heterocycles. The molecule has 1 heterocycles. The predicted molar refractivity (Wildman–Crippen MR) is 209 cm³/mol. The lowest BCUT2D eigenvalue weighted by atomic mass is 9.94. The van der Waals surface area contributed by atoms with Gasteiger partial charge in [-0.2, -0.15) is 0 Å². The minimum Gasteiger partial charge on any atom is -0.481 e. The second kappa shape index (κ2) is 32.7. The van der Waals surface area contributed by atoms with Crippen molar-refractivity contribution in [2.45, 2.75) is 237 Å². The minimum absolute atomic E-state index is 0.146. The molecule has 10 nitrogen and oxygen atoms in total. The summed E-state index contributed by atoms with van der Waals surface area (Å²) in [5, 5.41) is 43.3. The number of carbonyl (C=O) groups is 3. The van der Waals surface area contributed by atoms with Crippen LogP contribution >= 0.6 is 0 Å². The summed E-state index contributed by atoms with van der Waals surface area (Å²) in [5.74, 6) is -1.89. The van der Waals surface area contributed by atoms with E-state index in [0.717, 1.165) is 51.4 Å². The van der Waals surface area contributed by atoms with Gasteiger partial charge in [0.15, 0.2) is 6.23 Å². The zero-order valence-corrected chi connectivity index (χ0v) is 33.4. The van der Waals surface area contributed by atoms with Crippen molar-refractivity contribution >= 4 is 17.8 Å². The largest absolute Gasteiger partial charge is 0.481 e. The first-order valence-electron chi connectivity index (χ1n) is 21.7. The maximum atomic E-state index is 13.8. The van der Waals surface area contributed by atoms with Crippen LogP contribution in [0.4, 0.5) is 0 Å². The molecule has 1 aliphatic rings. The molecule has 0 aliphatic carbocycles. The fourth-order valence-corrected chi connectivity index (χ4v) is 7.31. The summed E-state index contributed by atoms with van der Waals surface area (Å²) in [5.41, 5.74) is 0. The third-order valence-corrected chi connectivity index (χ3v) is 10.7. The van der Waals surface area contributed by atoms with Gasteiger partial charge in [-0.1, -0.05) is 174 Å². The molecule has 52 heavy (non-hydrogen) atoms. The van der Waals surface area contributed by atoms with Gasteiger partial charge in [-0.25, -0.2) is 0 Å². The molecule has 0 spiro atoms. The van der Waals surface area contributed by atoms with Gasteiger partial charge in [-0.15, -0.1) is 0 Å². The van der Waals surface area contributed by atoms with Crippen LogP contribution in [-0.4, -0.2) is 86.8 Å². The number of hydrogen-bond acceptors (Lipinski definition) is 7. The van der Waals surface area contributed by atoms with E-state index in [1.165, 1.54) is 122 Å². The van der Waals surface area contributed by atoms with Crippen LogP contribution < -0.4 is 5.32 Å². The van der Waals surface area contributed by atoms with Gasteiger partial charge in [0.25, 0.3) is 0 Å². The van der Waals surface area contributed by atoms with Crippen molar-refractivity contribution in [3.8, 4) is 0 Å². The number of aliphatic hydroxyl groups is 3. The van der Waals surface area contributed by atoms with E-state index in [1.54, 1.807) is 4.90 Å². The summed E-state index contributed by atoms with van der Waals surface area (Å²) in [4.78, 5) is 39.1. The van der Waals surface area contributed by atoms with Gasteiger partial charge in [0.2, 0.25) is 11.8 Å². The summed E-state index contributed by atoms with van der Waals surface area (Å²) in [6, 6.07) is -1.17. The zero-order chi connectivity index (χ0) is 38.2. The number of nitrogens with one attached hydrogen (secondary N) is 1. The average Bonchev–Trinajstić information content (AvgIpc) is 3.13. The van der Waals surface area contributed by atoms with Crippen LogP contribution in [0.3, 0.4) is 0 Å². The first kappa shape index (κ1) is 48.3. The number of ether oxygens (including phenoxy) is 1. The highest BCUT2D eigenvalue weighted by molar-refractivity contribution is 5.81. The summed E-state index contributed by atoms with van der Waals surface area (Å²) < 4.78 is 6.04. The number of nitrogens with zero attached hydrogens (tertiary/aromatic N) is 1. The smallest absolute Gasteiger partial charge is 0.303 e. The Morgan fingerprint density at radius 3 is 1.37 bits per heavy atom. The Balaban J connectivity index is 2.65. The Kier molecular flexibility index (Phi) is 30.3. The molecule has 1 fully saturated rings. The van der Waals surface area contributed by atoms with Crippen molar-refractivity contribution in [3.05, 3.63) is 0 Å². The molecule has 2 amide bonds. The molecular formula is C42H80N2O8. The maximum Gasteiger partial charge on any atom is 0.303 e. The quantitative estimate of drug-likeness (QED) is 0.0405. The predicted octanol–water partition coefficient (Wildman–Crippen LogP) is 8.57. The summed E-state index contributed by atoms with van der Waals surface area (Å²) in [6.45, 7) is 4.29. The molecule has 5 N–H and O–H groups in total. The van der Waals surface area contributed by atoms with Gasteiger partial charge in [-0.05, 0) is 12.8 Å². The number of amides is 2. The van der Waals surface area contributed by atoms with E-state index in [9.17, 15) is 29.7 Å². The Morgan fingerprint density at radius 2 is 0.962 bits per heavy atom. The normalized spacial score (nSPS) is 20.2. The van der Waals surface area contributed by atoms with E-state index < -0.39 is 49.1 Å². The Labute approximate surface area is 317 Å². The van der Waals surface area contributed by atoms with Crippen LogP contribution in [0.5, 0.6) is 0 Å². The zero-order valence-electron chi connectivity index (χ0n) is 33.4. The number of carboxylic acids is 1. The van der Waals surface area contributed by atoms with Crippen molar-refractivity contribution in [2.24, 2.45) is 0 Å². The third kappa shape index (κ3) is 23.1. The highest BCUT2D eigenvalue weighted by Crippen LogP contribution is 2.26. The SMILES string of the molecule is CCCCCCCCCCCCCCCCCC(=O)N(CCCCCCCCCCCCCC)[C@@H]1O[C@H](CO)[C@H](O)[C@H](O)[C@@H]1NC(=O)CCC(=O)O. The Morgan fingerprint density at radius 1 is 0.558 bits per heavy atom. The van der Waals surface area contributed by atoms with Crippen LogP contribution in [0.1, 0.15) is 206 Å². The lowest BCUT2D eigenvalue weighted by molar-refractivity contribution is -0.231. The van der Waals surface area contributed by atoms with Crippen LogP contribution in [-0.2, 0) is 19.1 Å². The van der Waals surface area contributed by atoms with Gasteiger partial charge in [0.1, 0.15) is 24.4 Å². The molecule has 0 bridgehead atoms. The summed E-state index contributed by atoms with van der Waals surface area (Å²) in [6.07, 6.45) is 27.0. The highest BCUT2D eigenvalue weighted by atomic mass is 16.5. The van der Waals surface area contributed by atoms with Crippen LogP contribution in [0.15, 0.2) is 0 Å². The second-order valence-corrected chi connectivity index (χ2v) is 15.4. The van der Waals surface area contributed by atoms with Crippen molar-refractivity contribution < 1.29 is 39.5 Å². The molecule has 1 aliphatic heterocycles. The van der Waals surface area contributed by atoms with E-state index in [2.05, 4.69) is 19.2 Å². The van der Waals surface area contributed by atoms with Crippen molar-refractivity contribution in [1.29, 1.82) is 0 Å². The molecular weight excluding hydrogens is 660 g/mol. The number of rotatable bonds is 35. The third-order valence-electron chi connectivity index (χ3n) is 10.7. The fraction of sp³-hybridized carbons (Fsp3) is 0.929. The lowest BCUT2D eigenvalue weighted by Gasteiger charge is -2.47. The first-order chi connectivity index (χ1) is 25.3. The van der Waals surface area contributed by atoms with Gasteiger partial charge in [-0.3, -0.25) is 14.4 Å².